The molecule has 24 heavy (non-hydrogen) atoms. The molecule has 0 fully saturated rings. The van der Waals surface area contributed by atoms with Crippen molar-refractivity contribution in [1.29, 1.82) is 0 Å². The molecular formula is C19H21N3O2. The van der Waals surface area contributed by atoms with E-state index in [0.717, 1.165) is 22.7 Å². The van der Waals surface area contributed by atoms with Crippen molar-refractivity contribution in [3.05, 3.63) is 72.2 Å². The summed E-state index contributed by atoms with van der Waals surface area (Å²) in [7, 11) is 3.73. The maximum atomic E-state index is 5.50. The Bertz CT molecular complexity index is 744. The van der Waals surface area contributed by atoms with E-state index in [1.807, 2.05) is 61.6 Å². The highest BCUT2D eigenvalue weighted by Crippen LogP contribution is 2.23. The molecule has 0 radical (unpaired) electrons. The number of likely N-dealkylation sites (N-methyl/N-ethyl adjacent to an activating group) is 1. The van der Waals surface area contributed by atoms with E-state index in [1.54, 1.807) is 13.3 Å². The fourth-order valence-electron chi connectivity index (χ4n) is 2.66. The normalized spacial score (nSPS) is 12.5. The average Bonchev–Trinajstić information content (AvgIpc) is 3.09. The predicted molar refractivity (Wildman–Crippen MR) is 92.3 cm³/mol. The second kappa shape index (κ2) is 7.86. The van der Waals surface area contributed by atoms with Crippen LogP contribution in [0, 0.1) is 0 Å². The number of rotatable bonds is 7. The molecule has 0 aliphatic carbocycles. The van der Waals surface area contributed by atoms with Gasteiger partial charge in [0.2, 0.25) is 0 Å². The summed E-state index contributed by atoms with van der Waals surface area (Å²) in [5.41, 5.74) is 2.87. The first-order valence-corrected chi connectivity index (χ1v) is 7.89. The van der Waals surface area contributed by atoms with Crippen molar-refractivity contribution in [3.63, 3.8) is 0 Å². The number of nitrogens with zero attached hydrogens (tertiary/aromatic N) is 3. The van der Waals surface area contributed by atoms with Crippen LogP contribution in [0.5, 0.6) is 0 Å². The van der Waals surface area contributed by atoms with Gasteiger partial charge in [0.25, 0.3) is 0 Å². The number of benzene rings is 1. The van der Waals surface area contributed by atoms with Crippen molar-refractivity contribution in [2.45, 2.75) is 12.6 Å². The molecule has 3 rings (SSSR count). The molecule has 5 nitrogen and oxygen atoms in total. The van der Waals surface area contributed by atoms with Gasteiger partial charge in [-0.3, -0.25) is 9.88 Å². The molecule has 1 aromatic carbocycles. The van der Waals surface area contributed by atoms with Gasteiger partial charge >= 0.3 is 0 Å². The zero-order chi connectivity index (χ0) is 16.8. The number of ether oxygens (including phenoxy) is 1. The summed E-state index contributed by atoms with van der Waals surface area (Å²) in [4.78, 5) is 6.60. The molecule has 0 N–H and O–H groups in total. The van der Waals surface area contributed by atoms with Crippen molar-refractivity contribution in [2.24, 2.45) is 0 Å². The highest BCUT2D eigenvalue weighted by Gasteiger charge is 2.20. The van der Waals surface area contributed by atoms with Gasteiger partial charge < -0.3 is 9.26 Å². The SMILES string of the molecule is COC[C@H](c1ccccn1)N(C)Cc1cc(-c2ccccc2)no1. The van der Waals surface area contributed by atoms with Gasteiger partial charge in [-0.15, -0.1) is 0 Å². The van der Waals surface area contributed by atoms with E-state index in [-0.39, 0.29) is 6.04 Å². The third-order valence-electron chi connectivity index (χ3n) is 3.92. The number of methoxy groups -OCH3 is 1. The lowest BCUT2D eigenvalue weighted by Crippen LogP contribution is -2.28. The summed E-state index contributed by atoms with van der Waals surface area (Å²) in [6.07, 6.45) is 1.80. The second-order valence-corrected chi connectivity index (χ2v) is 5.69. The Morgan fingerprint density at radius 1 is 1.12 bits per heavy atom. The summed E-state index contributed by atoms with van der Waals surface area (Å²) in [5.74, 6) is 0.813. The molecule has 5 heteroatoms. The molecule has 2 heterocycles. The minimum Gasteiger partial charge on any atom is -0.383 e. The Labute approximate surface area is 141 Å². The lowest BCUT2D eigenvalue weighted by molar-refractivity contribution is 0.0944. The van der Waals surface area contributed by atoms with Crippen LogP contribution in [0.2, 0.25) is 0 Å². The molecule has 0 saturated heterocycles. The molecule has 0 bridgehead atoms. The van der Waals surface area contributed by atoms with Crippen LogP contribution in [0.3, 0.4) is 0 Å². The van der Waals surface area contributed by atoms with Crippen LogP contribution in [0.4, 0.5) is 0 Å². The molecule has 124 valence electrons. The number of aromatic nitrogens is 2. The molecule has 0 aliphatic rings. The van der Waals surface area contributed by atoms with E-state index in [2.05, 4.69) is 15.0 Å². The summed E-state index contributed by atoms with van der Waals surface area (Å²) >= 11 is 0. The fraction of sp³-hybridized carbons (Fsp3) is 0.263. The molecule has 2 aromatic heterocycles. The predicted octanol–water partition coefficient (Wildman–Crippen LogP) is 3.56. The van der Waals surface area contributed by atoms with Gasteiger partial charge in [0.05, 0.1) is 24.9 Å². The van der Waals surface area contributed by atoms with Gasteiger partial charge in [0, 0.05) is 24.9 Å². The lowest BCUT2D eigenvalue weighted by Gasteiger charge is -2.25. The van der Waals surface area contributed by atoms with Gasteiger partial charge in [0.1, 0.15) is 5.69 Å². The largest absolute Gasteiger partial charge is 0.383 e. The summed E-state index contributed by atoms with van der Waals surface area (Å²) in [6.45, 7) is 1.19. The van der Waals surface area contributed by atoms with E-state index in [0.29, 0.717) is 13.2 Å². The highest BCUT2D eigenvalue weighted by molar-refractivity contribution is 5.58. The quantitative estimate of drug-likeness (QED) is 0.665. The summed E-state index contributed by atoms with van der Waals surface area (Å²) in [5, 5.41) is 4.17. The van der Waals surface area contributed by atoms with E-state index in [9.17, 15) is 0 Å². The average molecular weight is 323 g/mol. The van der Waals surface area contributed by atoms with E-state index in [4.69, 9.17) is 9.26 Å². The zero-order valence-electron chi connectivity index (χ0n) is 13.9. The van der Waals surface area contributed by atoms with Crippen molar-refractivity contribution in [3.8, 4) is 11.3 Å². The van der Waals surface area contributed by atoms with Crippen LogP contribution in [0.25, 0.3) is 11.3 Å². The Balaban J connectivity index is 1.73. The highest BCUT2D eigenvalue weighted by atomic mass is 16.5. The van der Waals surface area contributed by atoms with Crippen LogP contribution in [0.15, 0.2) is 65.3 Å². The number of pyridine rings is 1. The van der Waals surface area contributed by atoms with Crippen molar-refractivity contribution in [2.75, 3.05) is 20.8 Å². The molecule has 0 spiro atoms. The lowest BCUT2D eigenvalue weighted by atomic mass is 10.1. The number of hydrogen-bond donors (Lipinski definition) is 0. The summed E-state index contributed by atoms with van der Waals surface area (Å²) in [6, 6.07) is 18.0. The first-order chi connectivity index (χ1) is 11.8. The molecular weight excluding hydrogens is 302 g/mol. The van der Waals surface area contributed by atoms with Crippen LogP contribution in [0.1, 0.15) is 17.5 Å². The van der Waals surface area contributed by atoms with E-state index >= 15 is 0 Å². The Kier molecular flexibility index (Phi) is 5.36. The molecule has 3 aromatic rings. The maximum Gasteiger partial charge on any atom is 0.151 e. The molecule has 0 amide bonds. The zero-order valence-corrected chi connectivity index (χ0v) is 13.9. The van der Waals surface area contributed by atoms with Crippen molar-refractivity contribution in [1.82, 2.24) is 15.0 Å². The topological polar surface area (TPSA) is 51.4 Å². The molecule has 0 unspecified atom stereocenters. The fourth-order valence-corrected chi connectivity index (χ4v) is 2.66. The second-order valence-electron chi connectivity index (χ2n) is 5.69. The van der Waals surface area contributed by atoms with Gasteiger partial charge in [-0.2, -0.15) is 0 Å². The van der Waals surface area contributed by atoms with Gasteiger partial charge in [-0.05, 0) is 19.2 Å². The number of hydrogen-bond acceptors (Lipinski definition) is 5. The molecule has 0 saturated carbocycles. The van der Waals surface area contributed by atoms with Gasteiger partial charge in [0.15, 0.2) is 5.76 Å². The first-order valence-electron chi connectivity index (χ1n) is 7.89. The maximum absolute atomic E-state index is 5.50. The monoisotopic (exact) mass is 323 g/mol. The first kappa shape index (κ1) is 16.4. The minimum atomic E-state index is 0.0569. The molecule has 0 aliphatic heterocycles. The third-order valence-corrected chi connectivity index (χ3v) is 3.92. The van der Waals surface area contributed by atoms with Crippen LogP contribution < -0.4 is 0 Å². The van der Waals surface area contributed by atoms with Crippen LogP contribution in [-0.4, -0.2) is 35.8 Å². The van der Waals surface area contributed by atoms with Crippen LogP contribution in [-0.2, 0) is 11.3 Å². The Morgan fingerprint density at radius 2 is 1.92 bits per heavy atom. The van der Waals surface area contributed by atoms with Crippen molar-refractivity contribution >= 4 is 0 Å². The Hall–Kier alpha value is -2.50. The standard InChI is InChI=1S/C19H21N3O2/c1-22(19(14-23-2)17-10-6-7-11-20-17)13-16-12-18(21-24-16)15-8-4-3-5-9-15/h3-12,19H,13-14H2,1-2H3/t19-/m1/s1. The van der Waals surface area contributed by atoms with Gasteiger partial charge in [-0.25, -0.2) is 0 Å². The van der Waals surface area contributed by atoms with Crippen molar-refractivity contribution < 1.29 is 9.26 Å². The van der Waals surface area contributed by atoms with Crippen LogP contribution >= 0.6 is 0 Å². The van der Waals surface area contributed by atoms with E-state index < -0.39 is 0 Å². The summed E-state index contributed by atoms with van der Waals surface area (Å²) < 4.78 is 10.9. The minimum absolute atomic E-state index is 0.0569. The van der Waals surface area contributed by atoms with Gasteiger partial charge in [-0.1, -0.05) is 41.6 Å². The Morgan fingerprint density at radius 3 is 2.62 bits per heavy atom. The molecule has 1 atom stereocenters. The van der Waals surface area contributed by atoms with E-state index in [1.165, 1.54) is 0 Å². The smallest absolute Gasteiger partial charge is 0.151 e. The third kappa shape index (κ3) is 3.88.